The van der Waals surface area contributed by atoms with E-state index in [4.69, 9.17) is 11.6 Å². The predicted octanol–water partition coefficient (Wildman–Crippen LogP) is 2.38. The lowest BCUT2D eigenvalue weighted by atomic mass is 10.1. The highest BCUT2D eigenvalue weighted by atomic mass is 127. The first-order valence-corrected chi connectivity index (χ1v) is 7.66. The van der Waals surface area contributed by atoms with E-state index >= 15 is 0 Å². The van der Waals surface area contributed by atoms with Crippen molar-refractivity contribution in [1.82, 2.24) is 25.4 Å². The van der Waals surface area contributed by atoms with Crippen LogP contribution < -0.4 is 10.6 Å². The summed E-state index contributed by atoms with van der Waals surface area (Å²) in [5.41, 5.74) is 1.20. The van der Waals surface area contributed by atoms with Crippen LogP contribution in [0.1, 0.15) is 18.3 Å². The molecular formula is C15H22ClIN6. The number of aryl methyl sites for hydroxylation is 1. The van der Waals surface area contributed by atoms with Gasteiger partial charge in [-0.1, -0.05) is 23.7 Å². The van der Waals surface area contributed by atoms with Gasteiger partial charge < -0.3 is 15.2 Å². The monoisotopic (exact) mass is 448 g/mol. The highest BCUT2D eigenvalue weighted by Gasteiger charge is 2.02. The summed E-state index contributed by atoms with van der Waals surface area (Å²) in [4.78, 5) is 4.51. The van der Waals surface area contributed by atoms with E-state index in [1.807, 2.05) is 36.7 Å². The number of benzene rings is 1. The molecule has 1 aromatic heterocycles. The molecule has 8 heteroatoms. The molecule has 0 saturated heterocycles. The number of nitrogens with one attached hydrogen (secondary N) is 2. The van der Waals surface area contributed by atoms with Crippen LogP contribution in [0.5, 0.6) is 0 Å². The molecule has 0 bridgehead atoms. The zero-order valence-corrected chi connectivity index (χ0v) is 16.4. The highest BCUT2D eigenvalue weighted by molar-refractivity contribution is 14.0. The van der Waals surface area contributed by atoms with E-state index in [0.29, 0.717) is 6.54 Å². The van der Waals surface area contributed by atoms with Gasteiger partial charge in [0.1, 0.15) is 12.9 Å². The van der Waals surface area contributed by atoms with E-state index in [1.54, 1.807) is 6.33 Å². The van der Waals surface area contributed by atoms with Crippen LogP contribution in [0, 0.1) is 0 Å². The number of hydrogen-bond donors (Lipinski definition) is 2. The molecule has 0 fully saturated rings. The van der Waals surface area contributed by atoms with Crippen molar-refractivity contribution in [2.45, 2.75) is 19.9 Å². The Balaban J connectivity index is 0.00000264. The summed E-state index contributed by atoms with van der Waals surface area (Å²) in [5.74, 6) is 1.60. The number of hydrogen-bond acceptors (Lipinski definition) is 3. The molecule has 0 atom stereocenters. The molecule has 2 rings (SSSR count). The smallest absolute Gasteiger partial charge is 0.191 e. The van der Waals surface area contributed by atoms with E-state index < -0.39 is 0 Å². The molecule has 126 valence electrons. The van der Waals surface area contributed by atoms with E-state index in [-0.39, 0.29) is 24.0 Å². The molecule has 0 saturated carbocycles. The van der Waals surface area contributed by atoms with Gasteiger partial charge in [-0.15, -0.1) is 34.2 Å². The van der Waals surface area contributed by atoms with Gasteiger partial charge in [0.15, 0.2) is 11.8 Å². The summed E-state index contributed by atoms with van der Waals surface area (Å²) in [6.45, 7) is 4.12. The molecule has 0 aliphatic rings. The molecule has 0 amide bonds. The fourth-order valence-corrected chi connectivity index (χ4v) is 2.17. The maximum Gasteiger partial charge on any atom is 0.191 e. The van der Waals surface area contributed by atoms with E-state index in [2.05, 4.69) is 31.9 Å². The van der Waals surface area contributed by atoms with Gasteiger partial charge in [0.05, 0.1) is 0 Å². The first-order valence-electron chi connectivity index (χ1n) is 7.28. The third-order valence-corrected chi connectivity index (χ3v) is 3.36. The quantitative estimate of drug-likeness (QED) is 0.405. The molecule has 2 aromatic rings. The Morgan fingerprint density at radius 3 is 2.83 bits per heavy atom. The van der Waals surface area contributed by atoms with Gasteiger partial charge in [0.2, 0.25) is 0 Å². The molecule has 0 aliphatic heterocycles. The van der Waals surface area contributed by atoms with Crippen molar-refractivity contribution >= 4 is 41.5 Å². The molecular weight excluding hydrogens is 427 g/mol. The van der Waals surface area contributed by atoms with E-state index in [9.17, 15) is 0 Å². The Morgan fingerprint density at radius 2 is 2.17 bits per heavy atom. The van der Waals surface area contributed by atoms with Crippen molar-refractivity contribution in [3.05, 3.63) is 47.0 Å². The van der Waals surface area contributed by atoms with Crippen molar-refractivity contribution in [3.8, 4) is 0 Å². The number of rotatable bonds is 6. The van der Waals surface area contributed by atoms with Gasteiger partial charge in [0.25, 0.3) is 0 Å². The molecule has 1 aromatic carbocycles. The third-order valence-electron chi connectivity index (χ3n) is 3.12. The van der Waals surface area contributed by atoms with Crippen LogP contribution in [0.4, 0.5) is 0 Å². The maximum atomic E-state index is 5.99. The number of aliphatic imine (C=N–C) groups is 1. The van der Waals surface area contributed by atoms with E-state index in [1.165, 1.54) is 5.56 Å². The molecule has 23 heavy (non-hydrogen) atoms. The molecule has 0 spiro atoms. The van der Waals surface area contributed by atoms with Crippen LogP contribution >= 0.6 is 35.6 Å². The van der Waals surface area contributed by atoms with Crippen molar-refractivity contribution in [2.75, 3.05) is 13.1 Å². The highest BCUT2D eigenvalue weighted by Crippen LogP contribution is 2.10. The molecule has 2 N–H and O–H groups in total. The molecule has 6 nitrogen and oxygen atoms in total. The fraction of sp³-hybridized carbons (Fsp3) is 0.400. The largest absolute Gasteiger partial charge is 0.357 e. The zero-order chi connectivity index (χ0) is 15.8. The average Bonchev–Trinajstić information content (AvgIpc) is 2.90. The van der Waals surface area contributed by atoms with Crippen LogP contribution in [0.25, 0.3) is 0 Å². The molecule has 0 radical (unpaired) electrons. The standard InChI is InChI=1S/C15H21ClN6.HI/c1-3-17-15(19-10-14-21-20-11-22(14)2)18-8-7-12-5-4-6-13(16)9-12;/h4-6,9,11H,3,7-8,10H2,1-2H3,(H2,17,18,19);1H. The Hall–Kier alpha value is -1.35. The second-order valence-electron chi connectivity index (χ2n) is 4.86. The van der Waals surface area contributed by atoms with Gasteiger partial charge in [-0.3, -0.25) is 0 Å². The van der Waals surface area contributed by atoms with Crippen LogP contribution in [0.2, 0.25) is 5.02 Å². The van der Waals surface area contributed by atoms with Gasteiger partial charge in [-0.25, -0.2) is 4.99 Å². The van der Waals surface area contributed by atoms with Crippen LogP contribution in [-0.4, -0.2) is 33.8 Å². The summed E-state index contributed by atoms with van der Waals surface area (Å²) in [7, 11) is 1.91. The third kappa shape index (κ3) is 6.74. The number of aromatic nitrogens is 3. The Morgan fingerprint density at radius 1 is 1.35 bits per heavy atom. The fourth-order valence-electron chi connectivity index (χ4n) is 1.96. The first-order chi connectivity index (χ1) is 10.7. The van der Waals surface area contributed by atoms with Gasteiger partial charge >= 0.3 is 0 Å². The van der Waals surface area contributed by atoms with Crippen molar-refractivity contribution in [3.63, 3.8) is 0 Å². The zero-order valence-electron chi connectivity index (χ0n) is 13.3. The number of halogens is 2. The van der Waals surface area contributed by atoms with Crippen LogP contribution in [-0.2, 0) is 20.0 Å². The summed E-state index contributed by atoms with van der Waals surface area (Å²) in [5, 5.41) is 15.2. The van der Waals surface area contributed by atoms with Crippen molar-refractivity contribution in [2.24, 2.45) is 12.0 Å². The number of guanidine groups is 1. The average molecular weight is 449 g/mol. The summed E-state index contributed by atoms with van der Waals surface area (Å²) >= 11 is 5.99. The minimum atomic E-state index is 0. The first kappa shape index (κ1) is 19.7. The lowest BCUT2D eigenvalue weighted by Gasteiger charge is -2.11. The van der Waals surface area contributed by atoms with Gasteiger partial charge in [-0.2, -0.15) is 0 Å². The second kappa shape index (κ2) is 10.4. The minimum Gasteiger partial charge on any atom is -0.357 e. The molecule has 0 aliphatic carbocycles. The summed E-state index contributed by atoms with van der Waals surface area (Å²) < 4.78 is 1.86. The predicted molar refractivity (Wildman–Crippen MR) is 104 cm³/mol. The lowest BCUT2D eigenvalue weighted by Crippen LogP contribution is -2.38. The topological polar surface area (TPSA) is 67.1 Å². The molecule has 0 unspecified atom stereocenters. The van der Waals surface area contributed by atoms with Gasteiger partial charge in [-0.05, 0) is 31.0 Å². The summed E-state index contributed by atoms with van der Waals surface area (Å²) in [6, 6.07) is 7.89. The number of nitrogens with zero attached hydrogens (tertiary/aromatic N) is 4. The Kier molecular flexibility index (Phi) is 8.93. The Bertz CT molecular complexity index is 628. The van der Waals surface area contributed by atoms with Crippen molar-refractivity contribution in [1.29, 1.82) is 0 Å². The van der Waals surface area contributed by atoms with Gasteiger partial charge in [0, 0.05) is 25.2 Å². The van der Waals surface area contributed by atoms with Crippen LogP contribution in [0.15, 0.2) is 35.6 Å². The maximum absolute atomic E-state index is 5.99. The second-order valence-corrected chi connectivity index (χ2v) is 5.30. The normalized spacial score (nSPS) is 11.0. The lowest BCUT2D eigenvalue weighted by molar-refractivity contribution is 0.763. The van der Waals surface area contributed by atoms with Crippen molar-refractivity contribution < 1.29 is 0 Å². The SMILES string of the molecule is CCNC(=NCc1nncn1C)NCCc1cccc(Cl)c1.I. The minimum absolute atomic E-state index is 0. The van der Waals surface area contributed by atoms with E-state index in [0.717, 1.165) is 36.3 Å². The molecule has 1 heterocycles. The summed E-state index contributed by atoms with van der Waals surface area (Å²) in [6.07, 6.45) is 2.55. The van der Waals surface area contributed by atoms with Crippen LogP contribution in [0.3, 0.4) is 0 Å². The Labute approximate surface area is 158 Å².